The van der Waals surface area contributed by atoms with Crippen LogP contribution in [-0.2, 0) is 4.74 Å². The maximum Gasteiger partial charge on any atom is 0.345 e. The largest absolute Gasteiger partial charge is 0.533 e. The van der Waals surface area contributed by atoms with Gasteiger partial charge >= 0.3 is 14.3 Å². The molecule has 0 aromatic heterocycles. The molecule has 0 aliphatic carbocycles. The van der Waals surface area contributed by atoms with Gasteiger partial charge in [0.05, 0.1) is 10.7 Å². The molecule has 4 nitrogen and oxygen atoms in total. The SMILES string of the molecule is COC(=O)c1c(O[Si](c2ccccc2)(c2ccccc2)C(C)(C)C)ccc(I)c1O. The Labute approximate surface area is 192 Å². The summed E-state index contributed by atoms with van der Waals surface area (Å²) < 4.78 is 12.4. The molecule has 0 spiro atoms. The molecule has 0 heterocycles. The van der Waals surface area contributed by atoms with Gasteiger partial charge in [-0.25, -0.2) is 4.79 Å². The number of hydrogen-bond donors (Lipinski definition) is 1. The van der Waals surface area contributed by atoms with Gasteiger partial charge in [-0.15, -0.1) is 0 Å². The van der Waals surface area contributed by atoms with Gasteiger partial charge in [0.15, 0.2) is 0 Å². The molecule has 3 aromatic rings. The number of aromatic hydroxyl groups is 1. The van der Waals surface area contributed by atoms with E-state index >= 15 is 0 Å². The van der Waals surface area contributed by atoms with E-state index in [4.69, 9.17) is 9.16 Å². The average molecular weight is 532 g/mol. The third-order valence-corrected chi connectivity index (χ3v) is 11.0. The quantitative estimate of drug-likeness (QED) is 0.294. The van der Waals surface area contributed by atoms with Gasteiger partial charge < -0.3 is 14.3 Å². The van der Waals surface area contributed by atoms with E-state index in [9.17, 15) is 9.90 Å². The summed E-state index contributed by atoms with van der Waals surface area (Å²) in [6, 6.07) is 23.8. The number of halogens is 1. The molecule has 0 saturated carbocycles. The highest BCUT2D eigenvalue weighted by Gasteiger charge is 2.52. The van der Waals surface area contributed by atoms with Crippen LogP contribution >= 0.6 is 22.6 Å². The van der Waals surface area contributed by atoms with Crippen LogP contribution in [0, 0.1) is 3.57 Å². The Morgan fingerprint density at radius 2 is 1.40 bits per heavy atom. The summed E-state index contributed by atoms with van der Waals surface area (Å²) in [4.78, 5) is 12.6. The molecular formula is C24H25IO4Si. The smallest absolute Gasteiger partial charge is 0.345 e. The number of methoxy groups -OCH3 is 1. The maximum atomic E-state index is 12.6. The Hall–Kier alpha value is -2.32. The summed E-state index contributed by atoms with van der Waals surface area (Å²) in [6.07, 6.45) is 0. The number of hydrogen-bond acceptors (Lipinski definition) is 4. The van der Waals surface area contributed by atoms with Crippen molar-refractivity contribution in [3.8, 4) is 11.5 Å². The molecular weight excluding hydrogens is 507 g/mol. The monoisotopic (exact) mass is 532 g/mol. The van der Waals surface area contributed by atoms with Gasteiger partial charge in [-0.1, -0.05) is 81.4 Å². The van der Waals surface area contributed by atoms with Gasteiger partial charge in [-0.3, -0.25) is 0 Å². The Balaban J connectivity index is 2.34. The van der Waals surface area contributed by atoms with Gasteiger partial charge in [0.25, 0.3) is 0 Å². The molecule has 0 unspecified atom stereocenters. The van der Waals surface area contributed by atoms with E-state index in [1.807, 2.05) is 59.0 Å². The average Bonchev–Trinajstić information content (AvgIpc) is 2.74. The van der Waals surface area contributed by atoms with E-state index in [-0.39, 0.29) is 16.4 Å². The second-order valence-corrected chi connectivity index (χ2v) is 13.4. The van der Waals surface area contributed by atoms with Gasteiger partial charge in [0.1, 0.15) is 17.1 Å². The molecule has 3 rings (SSSR count). The lowest BCUT2D eigenvalue weighted by atomic mass is 10.2. The molecule has 0 aliphatic rings. The summed E-state index contributed by atoms with van der Waals surface area (Å²) in [5, 5.41) is 12.5. The number of carbonyl (C=O) groups excluding carboxylic acids is 1. The lowest BCUT2D eigenvalue weighted by Crippen LogP contribution is -2.69. The fourth-order valence-electron chi connectivity index (χ4n) is 3.75. The molecule has 0 aliphatic heterocycles. The van der Waals surface area contributed by atoms with E-state index in [0.29, 0.717) is 9.32 Å². The number of esters is 1. The maximum absolute atomic E-state index is 12.6. The highest BCUT2D eigenvalue weighted by molar-refractivity contribution is 14.1. The molecule has 0 amide bonds. The van der Waals surface area contributed by atoms with Gasteiger partial charge in [-0.2, -0.15) is 0 Å². The number of phenols is 1. The van der Waals surface area contributed by atoms with Crippen molar-refractivity contribution in [3.05, 3.63) is 81.9 Å². The third-order valence-electron chi connectivity index (χ3n) is 5.16. The minimum atomic E-state index is -2.94. The second kappa shape index (κ2) is 8.81. The minimum Gasteiger partial charge on any atom is -0.533 e. The van der Waals surface area contributed by atoms with Crippen molar-refractivity contribution in [1.82, 2.24) is 0 Å². The predicted molar refractivity (Wildman–Crippen MR) is 130 cm³/mol. The van der Waals surface area contributed by atoms with Crippen LogP contribution in [0.15, 0.2) is 72.8 Å². The van der Waals surface area contributed by atoms with Gasteiger partial charge in [-0.05, 0) is 50.1 Å². The van der Waals surface area contributed by atoms with Crippen molar-refractivity contribution in [2.24, 2.45) is 0 Å². The first-order valence-corrected chi connectivity index (χ1v) is 12.6. The lowest BCUT2D eigenvalue weighted by Gasteiger charge is -2.43. The van der Waals surface area contributed by atoms with Crippen molar-refractivity contribution in [2.45, 2.75) is 25.8 Å². The van der Waals surface area contributed by atoms with Crippen molar-refractivity contribution >= 4 is 47.3 Å². The molecule has 0 fully saturated rings. The summed E-state index contributed by atoms with van der Waals surface area (Å²) in [5.41, 5.74) is 0.0531. The van der Waals surface area contributed by atoms with Crippen molar-refractivity contribution in [3.63, 3.8) is 0 Å². The minimum absolute atomic E-state index is 0.0531. The van der Waals surface area contributed by atoms with Crippen LogP contribution in [0.4, 0.5) is 0 Å². The van der Waals surface area contributed by atoms with Crippen LogP contribution in [0.1, 0.15) is 31.1 Å². The molecule has 6 heteroatoms. The normalized spacial score (nSPS) is 11.8. The van der Waals surface area contributed by atoms with E-state index in [1.165, 1.54) is 7.11 Å². The highest BCUT2D eigenvalue weighted by Crippen LogP contribution is 2.41. The standard InChI is InChI=1S/C24H25IO4Si/c1-24(2,3)30(17-11-7-5-8-12-17,18-13-9-6-10-14-18)29-20-16-15-19(25)22(26)21(20)23(27)28-4/h5-16,26H,1-4H3. The van der Waals surface area contributed by atoms with Crippen molar-refractivity contribution in [2.75, 3.05) is 7.11 Å². The fraction of sp³-hybridized carbons (Fsp3) is 0.208. The first-order chi connectivity index (χ1) is 14.2. The number of ether oxygens (including phenoxy) is 1. The summed E-state index contributed by atoms with van der Waals surface area (Å²) >= 11 is 1.99. The molecule has 1 N–H and O–H groups in total. The lowest BCUT2D eigenvalue weighted by molar-refractivity contribution is 0.0595. The number of rotatable bonds is 5. The molecule has 0 atom stereocenters. The Kier molecular flexibility index (Phi) is 6.57. The number of carbonyl (C=O) groups is 1. The van der Waals surface area contributed by atoms with Crippen LogP contribution < -0.4 is 14.8 Å². The van der Waals surface area contributed by atoms with Crippen LogP contribution in [0.2, 0.25) is 5.04 Å². The zero-order valence-corrected chi connectivity index (χ0v) is 20.6. The van der Waals surface area contributed by atoms with E-state index in [0.717, 1.165) is 10.4 Å². The molecule has 156 valence electrons. The first kappa shape index (κ1) is 22.4. The highest BCUT2D eigenvalue weighted by atomic mass is 127. The Morgan fingerprint density at radius 1 is 0.900 bits per heavy atom. The van der Waals surface area contributed by atoms with Crippen LogP contribution in [0.3, 0.4) is 0 Å². The van der Waals surface area contributed by atoms with E-state index < -0.39 is 14.3 Å². The molecule has 0 saturated heterocycles. The van der Waals surface area contributed by atoms with Crippen molar-refractivity contribution < 1.29 is 19.1 Å². The number of benzene rings is 3. The molecule has 0 radical (unpaired) electrons. The van der Waals surface area contributed by atoms with Crippen molar-refractivity contribution in [1.29, 1.82) is 0 Å². The van der Waals surface area contributed by atoms with Gasteiger partial charge in [0, 0.05) is 0 Å². The van der Waals surface area contributed by atoms with Crippen LogP contribution in [-0.4, -0.2) is 26.5 Å². The Morgan fingerprint density at radius 3 is 1.83 bits per heavy atom. The fourth-order valence-corrected chi connectivity index (χ4v) is 8.63. The summed E-state index contributed by atoms with van der Waals surface area (Å²) in [7, 11) is -1.64. The zero-order chi connectivity index (χ0) is 21.9. The second-order valence-electron chi connectivity index (χ2n) is 8.03. The summed E-state index contributed by atoms with van der Waals surface area (Å²) in [5.74, 6) is -0.425. The topological polar surface area (TPSA) is 55.8 Å². The van der Waals surface area contributed by atoms with Crippen LogP contribution in [0.25, 0.3) is 0 Å². The molecule has 3 aromatic carbocycles. The zero-order valence-electron chi connectivity index (χ0n) is 17.5. The third kappa shape index (κ3) is 3.98. The van der Waals surface area contributed by atoms with Gasteiger partial charge in [0.2, 0.25) is 0 Å². The summed E-state index contributed by atoms with van der Waals surface area (Å²) in [6.45, 7) is 6.47. The number of phenolic OH excluding ortho intramolecular Hbond substituents is 1. The predicted octanol–water partition coefficient (Wildman–Crippen LogP) is 4.72. The van der Waals surface area contributed by atoms with E-state index in [1.54, 1.807) is 12.1 Å². The van der Waals surface area contributed by atoms with Crippen LogP contribution in [0.5, 0.6) is 11.5 Å². The molecule has 30 heavy (non-hydrogen) atoms. The molecule has 0 bridgehead atoms. The first-order valence-electron chi connectivity index (χ1n) is 9.62. The Bertz CT molecular complexity index is 991. The van der Waals surface area contributed by atoms with E-state index in [2.05, 4.69) is 45.0 Å².